The average Bonchev–Trinajstić information content (AvgIpc) is 3.22. The van der Waals surface area contributed by atoms with Gasteiger partial charge in [0.2, 0.25) is 0 Å². The van der Waals surface area contributed by atoms with Gasteiger partial charge in [0, 0.05) is 32.5 Å². The molecule has 32 heavy (non-hydrogen) atoms. The van der Waals surface area contributed by atoms with Gasteiger partial charge in [0.15, 0.2) is 17.5 Å². The summed E-state index contributed by atoms with van der Waals surface area (Å²) in [4.78, 5) is 14.4. The zero-order chi connectivity index (χ0) is 21.5. The van der Waals surface area contributed by atoms with E-state index in [2.05, 4.69) is 6.07 Å². The molecular weight excluding hydrogens is 418 g/mol. The van der Waals surface area contributed by atoms with Gasteiger partial charge in [0.05, 0.1) is 0 Å². The highest BCUT2D eigenvalue weighted by molar-refractivity contribution is 6.31. The molecule has 0 amide bonds. The van der Waals surface area contributed by atoms with Crippen LogP contribution in [0.2, 0.25) is 5.02 Å². The molecule has 0 spiro atoms. The van der Waals surface area contributed by atoms with E-state index in [4.69, 9.17) is 31.0 Å². The first-order valence-corrected chi connectivity index (χ1v) is 10.6. The van der Waals surface area contributed by atoms with E-state index < -0.39 is 0 Å². The highest BCUT2D eigenvalue weighted by atomic mass is 35.5. The van der Waals surface area contributed by atoms with Gasteiger partial charge in [-0.2, -0.15) is 0 Å². The zero-order valence-electron chi connectivity index (χ0n) is 16.9. The molecule has 0 radical (unpaired) electrons. The topological polar surface area (TPSA) is 51.8 Å². The molecule has 0 fully saturated rings. The van der Waals surface area contributed by atoms with Gasteiger partial charge in [-0.1, -0.05) is 72.3 Å². The van der Waals surface area contributed by atoms with Gasteiger partial charge in [-0.25, -0.2) is 15.0 Å². The predicted octanol–water partition coefficient (Wildman–Crippen LogP) is 7.43. The molecule has 4 nitrogen and oxygen atoms in total. The highest BCUT2D eigenvalue weighted by Crippen LogP contribution is 2.34. The summed E-state index contributed by atoms with van der Waals surface area (Å²) in [6.07, 6.45) is 0. The third-order valence-electron chi connectivity index (χ3n) is 5.39. The van der Waals surface area contributed by atoms with Gasteiger partial charge in [-0.05, 0) is 36.4 Å². The Balaban J connectivity index is 1.58. The molecule has 0 N–H and O–H groups in total. The van der Waals surface area contributed by atoms with E-state index in [0.29, 0.717) is 22.5 Å². The summed E-state index contributed by atoms with van der Waals surface area (Å²) < 4.78 is 5.97. The maximum atomic E-state index is 6.24. The van der Waals surface area contributed by atoms with Crippen molar-refractivity contribution in [3.8, 4) is 34.2 Å². The fourth-order valence-corrected chi connectivity index (χ4v) is 4.00. The summed E-state index contributed by atoms with van der Waals surface area (Å²) in [6.45, 7) is 0. The Morgan fingerprint density at radius 1 is 0.500 bits per heavy atom. The van der Waals surface area contributed by atoms with Crippen molar-refractivity contribution in [3.63, 3.8) is 0 Å². The van der Waals surface area contributed by atoms with Crippen LogP contribution in [0.15, 0.2) is 101 Å². The molecule has 4 aromatic carbocycles. The quantitative estimate of drug-likeness (QED) is 0.291. The standard InChI is InChI=1S/C27H16ClN3O/c28-20-12-14-24-22(16-20)21-15-19(11-13-23(21)32-24)27-30-25(17-7-3-1-4-8-17)29-26(31-27)18-9-5-2-6-10-18/h1-16H. The Morgan fingerprint density at radius 2 is 1.00 bits per heavy atom. The predicted molar refractivity (Wildman–Crippen MR) is 128 cm³/mol. The van der Waals surface area contributed by atoms with Crippen LogP contribution in [0.5, 0.6) is 0 Å². The van der Waals surface area contributed by atoms with Crippen LogP contribution in [0.4, 0.5) is 0 Å². The summed E-state index contributed by atoms with van der Waals surface area (Å²) in [5.41, 5.74) is 4.36. The van der Waals surface area contributed by atoms with Crippen molar-refractivity contribution >= 4 is 33.5 Å². The minimum Gasteiger partial charge on any atom is -0.456 e. The van der Waals surface area contributed by atoms with Gasteiger partial charge >= 0.3 is 0 Å². The van der Waals surface area contributed by atoms with Crippen molar-refractivity contribution in [3.05, 3.63) is 102 Å². The van der Waals surface area contributed by atoms with Crippen molar-refractivity contribution in [1.29, 1.82) is 0 Å². The van der Waals surface area contributed by atoms with Gasteiger partial charge in [0.25, 0.3) is 0 Å². The molecule has 0 saturated carbocycles. The second kappa shape index (κ2) is 7.59. The van der Waals surface area contributed by atoms with E-state index in [1.165, 1.54) is 0 Å². The number of hydrogen-bond donors (Lipinski definition) is 0. The molecule has 0 atom stereocenters. The zero-order valence-corrected chi connectivity index (χ0v) is 17.6. The van der Waals surface area contributed by atoms with E-state index in [-0.39, 0.29) is 0 Å². The van der Waals surface area contributed by atoms with Crippen LogP contribution in [0.25, 0.3) is 56.1 Å². The van der Waals surface area contributed by atoms with E-state index in [1.807, 2.05) is 91.0 Å². The summed E-state index contributed by atoms with van der Waals surface area (Å²) in [6, 6.07) is 31.5. The number of furan rings is 1. The Hall–Kier alpha value is -4.02. The largest absolute Gasteiger partial charge is 0.456 e. The van der Waals surface area contributed by atoms with Crippen molar-refractivity contribution in [2.75, 3.05) is 0 Å². The Morgan fingerprint density at radius 3 is 1.59 bits per heavy atom. The first-order chi connectivity index (χ1) is 15.7. The summed E-state index contributed by atoms with van der Waals surface area (Å²) in [7, 11) is 0. The summed E-state index contributed by atoms with van der Waals surface area (Å²) in [5.74, 6) is 1.88. The molecule has 2 heterocycles. The van der Waals surface area contributed by atoms with E-state index in [0.717, 1.165) is 38.6 Å². The number of hydrogen-bond acceptors (Lipinski definition) is 4. The minimum absolute atomic E-state index is 0.607. The Bertz CT molecular complexity index is 1520. The van der Waals surface area contributed by atoms with Crippen molar-refractivity contribution in [2.45, 2.75) is 0 Å². The first kappa shape index (κ1) is 18.7. The number of fused-ring (bicyclic) bond motifs is 3. The number of aromatic nitrogens is 3. The molecule has 152 valence electrons. The van der Waals surface area contributed by atoms with Gasteiger partial charge in [-0.15, -0.1) is 0 Å². The lowest BCUT2D eigenvalue weighted by atomic mass is 10.1. The molecule has 0 saturated heterocycles. The van der Waals surface area contributed by atoms with Gasteiger partial charge in [0.1, 0.15) is 11.2 Å². The Kier molecular flexibility index (Phi) is 4.44. The van der Waals surface area contributed by atoms with Crippen LogP contribution >= 0.6 is 11.6 Å². The summed E-state index contributed by atoms with van der Waals surface area (Å²) in [5, 5.41) is 2.61. The monoisotopic (exact) mass is 433 g/mol. The van der Waals surface area contributed by atoms with Crippen LogP contribution in [-0.2, 0) is 0 Å². The summed E-state index contributed by atoms with van der Waals surface area (Å²) >= 11 is 6.24. The van der Waals surface area contributed by atoms with Crippen LogP contribution in [-0.4, -0.2) is 15.0 Å². The lowest BCUT2D eigenvalue weighted by Crippen LogP contribution is -2.00. The van der Waals surface area contributed by atoms with Crippen LogP contribution in [0.3, 0.4) is 0 Å². The second-order valence-electron chi connectivity index (χ2n) is 7.49. The maximum absolute atomic E-state index is 6.24. The highest BCUT2D eigenvalue weighted by Gasteiger charge is 2.14. The number of halogens is 1. The maximum Gasteiger partial charge on any atom is 0.164 e. The molecule has 6 rings (SSSR count). The van der Waals surface area contributed by atoms with E-state index in [9.17, 15) is 0 Å². The lowest BCUT2D eigenvalue weighted by Gasteiger charge is -2.08. The second-order valence-corrected chi connectivity index (χ2v) is 7.93. The van der Waals surface area contributed by atoms with Crippen molar-refractivity contribution in [2.24, 2.45) is 0 Å². The SMILES string of the molecule is Clc1ccc2oc3ccc(-c4nc(-c5ccccc5)nc(-c5ccccc5)n4)cc3c2c1. The molecule has 0 aliphatic heterocycles. The van der Waals surface area contributed by atoms with E-state index in [1.54, 1.807) is 0 Å². The van der Waals surface area contributed by atoms with Gasteiger partial charge in [-0.3, -0.25) is 0 Å². The molecule has 5 heteroatoms. The third kappa shape index (κ3) is 3.31. The normalized spacial score (nSPS) is 11.3. The third-order valence-corrected chi connectivity index (χ3v) is 5.62. The van der Waals surface area contributed by atoms with Crippen LogP contribution in [0, 0.1) is 0 Å². The van der Waals surface area contributed by atoms with Crippen LogP contribution in [0.1, 0.15) is 0 Å². The van der Waals surface area contributed by atoms with Crippen molar-refractivity contribution in [1.82, 2.24) is 15.0 Å². The minimum atomic E-state index is 0.607. The lowest BCUT2D eigenvalue weighted by molar-refractivity contribution is 0.669. The fraction of sp³-hybridized carbons (Fsp3) is 0. The first-order valence-electron chi connectivity index (χ1n) is 10.2. The molecule has 6 aromatic rings. The molecule has 0 unspecified atom stereocenters. The van der Waals surface area contributed by atoms with Gasteiger partial charge < -0.3 is 4.42 Å². The molecule has 0 aliphatic carbocycles. The number of benzene rings is 4. The molecule has 2 aromatic heterocycles. The number of rotatable bonds is 3. The molecule has 0 aliphatic rings. The average molecular weight is 434 g/mol. The van der Waals surface area contributed by atoms with E-state index >= 15 is 0 Å². The Labute approximate surface area is 189 Å². The van der Waals surface area contributed by atoms with Crippen LogP contribution < -0.4 is 0 Å². The molecule has 0 bridgehead atoms. The smallest absolute Gasteiger partial charge is 0.164 e. The molecular formula is C27H16ClN3O. The van der Waals surface area contributed by atoms with Crippen molar-refractivity contribution < 1.29 is 4.42 Å². The fourth-order valence-electron chi connectivity index (χ4n) is 3.83. The number of nitrogens with zero attached hydrogens (tertiary/aromatic N) is 3.